The lowest BCUT2D eigenvalue weighted by molar-refractivity contribution is -0.118. The van der Waals surface area contributed by atoms with E-state index in [1.54, 1.807) is 11.8 Å². The van der Waals surface area contributed by atoms with Crippen LogP contribution < -0.4 is 5.32 Å². The van der Waals surface area contributed by atoms with Gasteiger partial charge in [0.15, 0.2) is 0 Å². The maximum atomic E-state index is 12.6. The standard InChI is InChI=1S/C27H33N3OS2/c1-27(2,3)19-11-12-20-21(15-19)33-26-23(20)25(29-24(30-26)18-9-10-18)32-16-22(31)28-14-13-17-7-5-4-6-8-17/h4-8,18-19H,9-16H2,1-3H3,(H,28,31). The molecular weight excluding hydrogens is 446 g/mol. The minimum Gasteiger partial charge on any atom is -0.355 e. The Labute approximate surface area is 205 Å². The number of thioether (sulfide) groups is 1. The lowest BCUT2D eigenvalue weighted by atomic mass is 9.72. The largest absolute Gasteiger partial charge is 0.355 e. The quantitative estimate of drug-likeness (QED) is 0.325. The lowest BCUT2D eigenvalue weighted by Crippen LogP contribution is -2.27. The smallest absolute Gasteiger partial charge is 0.230 e. The predicted molar refractivity (Wildman–Crippen MR) is 138 cm³/mol. The summed E-state index contributed by atoms with van der Waals surface area (Å²) in [5, 5.41) is 5.33. The van der Waals surface area contributed by atoms with Crippen molar-refractivity contribution in [2.45, 2.75) is 70.2 Å². The normalized spacial score (nSPS) is 18.3. The van der Waals surface area contributed by atoms with E-state index in [0.29, 0.717) is 29.5 Å². The van der Waals surface area contributed by atoms with Crippen LogP contribution in [0.5, 0.6) is 0 Å². The van der Waals surface area contributed by atoms with Crippen molar-refractivity contribution in [1.82, 2.24) is 15.3 Å². The summed E-state index contributed by atoms with van der Waals surface area (Å²) in [6, 6.07) is 10.3. The maximum Gasteiger partial charge on any atom is 0.230 e. The number of rotatable bonds is 7. The minimum absolute atomic E-state index is 0.0764. The molecule has 2 aliphatic carbocycles. The Morgan fingerprint density at radius 2 is 1.94 bits per heavy atom. The highest BCUT2D eigenvalue weighted by molar-refractivity contribution is 8.00. The summed E-state index contributed by atoms with van der Waals surface area (Å²) in [6.45, 7) is 7.74. The van der Waals surface area contributed by atoms with Crippen LogP contribution in [0.25, 0.3) is 10.2 Å². The molecule has 174 valence electrons. The molecule has 0 bridgehead atoms. The lowest BCUT2D eigenvalue weighted by Gasteiger charge is -2.33. The molecular formula is C27H33N3OS2. The summed E-state index contributed by atoms with van der Waals surface area (Å²) in [6.07, 6.45) is 6.69. The first-order valence-corrected chi connectivity index (χ1v) is 13.9. The van der Waals surface area contributed by atoms with Crippen LogP contribution in [0.4, 0.5) is 0 Å². The van der Waals surface area contributed by atoms with E-state index in [4.69, 9.17) is 9.97 Å². The van der Waals surface area contributed by atoms with E-state index in [9.17, 15) is 4.79 Å². The average Bonchev–Trinajstić information content (AvgIpc) is 3.57. The number of benzene rings is 1. The van der Waals surface area contributed by atoms with Crippen LogP contribution >= 0.6 is 23.1 Å². The number of fused-ring (bicyclic) bond motifs is 3. The Bertz CT molecular complexity index is 1150. The van der Waals surface area contributed by atoms with Crippen LogP contribution in [-0.4, -0.2) is 28.2 Å². The Balaban J connectivity index is 1.31. The molecule has 4 nitrogen and oxygen atoms in total. The first-order valence-electron chi connectivity index (χ1n) is 12.1. The van der Waals surface area contributed by atoms with E-state index in [0.717, 1.165) is 34.9 Å². The van der Waals surface area contributed by atoms with Gasteiger partial charge in [0.05, 0.1) is 5.75 Å². The topological polar surface area (TPSA) is 54.9 Å². The molecule has 1 N–H and O–H groups in total. The maximum absolute atomic E-state index is 12.6. The molecule has 1 aromatic carbocycles. The highest BCUT2D eigenvalue weighted by Gasteiger charge is 2.33. The number of hydrogen-bond acceptors (Lipinski definition) is 5. The van der Waals surface area contributed by atoms with Gasteiger partial charge in [0.2, 0.25) is 5.91 Å². The molecule has 0 spiro atoms. The van der Waals surface area contributed by atoms with Gasteiger partial charge in [-0.1, -0.05) is 62.9 Å². The molecule has 1 amide bonds. The molecule has 0 saturated heterocycles. The van der Waals surface area contributed by atoms with Crippen molar-refractivity contribution >= 4 is 39.2 Å². The zero-order chi connectivity index (χ0) is 23.0. The Morgan fingerprint density at radius 1 is 1.15 bits per heavy atom. The summed E-state index contributed by atoms with van der Waals surface area (Å²) in [5.41, 5.74) is 3.02. The summed E-state index contributed by atoms with van der Waals surface area (Å²) in [5.74, 6) is 2.68. The van der Waals surface area contributed by atoms with Crippen molar-refractivity contribution in [3.8, 4) is 0 Å². The molecule has 2 aromatic heterocycles. The van der Waals surface area contributed by atoms with Crippen LogP contribution in [0.2, 0.25) is 0 Å². The van der Waals surface area contributed by atoms with E-state index in [2.05, 4.69) is 38.2 Å². The number of carbonyl (C=O) groups is 1. The fourth-order valence-electron chi connectivity index (χ4n) is 4.70. The van der Waals surface area contributed by atoms with Gasteiger partial charge in [-0.25, -0.2) is 9.97 Å². The van der Waals surface area contributed by atoms with E-state index in [1.807, 2.05) is 29.5 Å². The van der Waals surface area contributed by atoms with Gasteiger partial charge in [0.1, 0.15) is 15.7 Å². The van der Waals surface area contributed by atoms with E-state index in [-0.39, 0.29) is 5.91 Å². The number of hydrogen-bond donors (Lipinski definition) is 1. The number of thiophene rings is 1. The first kappa shape index (κ1) is 22.9. The minimum atomic E-state index is 0.0764. The fraction of sp³-hybridized carbons (Fsp3) is 0.519. The molecule has 1 atom stereocenters. The van der Waals surface area contributed by atoms with Crippen molar-refractivity contribution in [2.75, 3.05) is 12.3 Å². The SMILES string of the molecule is CC(C)(C)C1CCc2c(sc3nc(C4CC4)nc(SCC(=O)NCCc4ccccc4)c23)C1. The van der Waals surface area contributed by atoms with Gasteiger partial charge in [-0.15, -0.1) is 11.3 Å². The third kappa shape index (κ3) is 5.27. The molecule has 33 heavy (non-hydrogen) atoms. The van der Waals surface area contributed by atoms with Crippen LogP contribution in [-0.2, 0) is 24.1 Å². The molecule has 2 heterocycles. The van der Waals surface area contributed by atoms with E-state index >= 15 is 0 Å². The number of carbonyl (C=O) groups excluding carboxylic acids is 1. The molecule has 1 fully saturated rings. The molecule has 2 aliphatic rings. The van der Waals surface area contributed by atoms with Crippen molar-refractivity contribution in [1.29, 1.82) is 0 Å². The van der Waals surface area contributed by atoms with Gasteiger partial charge >= 0.3 is 0 Å². The molecule has 5 rings (SSSR count). The second-order valence-corrected chi connectivity index (χ2v) is 12.6. The third-order valence-corrected chi connectivity index (χ3v) is 9.10. The molecule has 3 aromatic rings. The van der Waals surface area contributed by atoms with Gasteiger partial charge in [-0.05, 0) is 61.0 Å². The van der Waals surface area contributed by atoms with Gasteiger partial charge in [0.25, 0.3) is 0 Å². The highest BCUT2D eigenvalue weighted by atomic mass is 32.2. The second kappa shape index (κ2) is 9.38. The van der Waals surface area contributed by atoms with Crippen molar-refractivity contribution in [3.05, 3.63) is 52.2 Å². The van der Waals surface area contributed by atoms with E-state index in [1.165, 1.54) is 40.7 Å². The first-order chi connectivity index (χ1) is 15.9. The molecule has 0 radical (unpaired) electrons. The molecule has 1 unspecified atom stereocenters. The van der Waals surface area contributed by atoms with Gasteiger partial charge in [-0.3, -0.25) is 4.79 Å². The second-order valence-electron chi connectivity index (χ2n) is 10.5. The monoisotopic (exact) mass is 479 g/mol. The van der Waals surface area contributed by atoms with Crippen LogP contribution in [0.15, 0.2) is 35.4 Å². The fourth-order valence-corrected chi connectivity index (χ4v) is 6.97. The number of aryl methyl sites for hydroxylation is 1. The van der Waals surface area contributed by atoms with Gasteiger partial charge in [-0.2, -0.15) is 0 Å². The van der Waals surface area contributed by atoms with Crippen LogP contribution in [0.1, 0.15) is 67.8 Å². The van der Waals surface area contributed by atoms with Gasteiger partial charge < -0.3 is 5.32 Å². The Kier molecular flexibility index (Phi) is 6.49. The van der Waals surface area contributed by atoms with Crippen molar-refractivity contribution in [2.24, 2.45) is 11.3 Å². The highest BCUT2D eigenvalue weighted by Crippen LogP contribution is 2.46. The van der Waals surface area contributed by atoms with Crippen LogP contribution in [0.3, 0.4) is 0 Å². The number of aromatic nitrogens is 2. The van der Waals surface area contributed by atoms with Crippen molar-refractivity contribution in [3.63, 3.8) is 0 Å². The molecule has 6 heteroatoms. The predicted octanol–water partition coefficient (Wildman–Crippen LogP) is 6.17. The Morgan fingerprint density at radius 3 is 2.67 bits per heavy atom. The molecule has 1 saturated carbocycles. The molecule has 0 aliphatic heterocycles. The number of nitrogens with one attached hydrogen (secondary N) is 1. The summed E-state index contributed by atoms with van der Waals surface area (Å²) < 4.78 is 0. The summed E-state index contributed by atoms with van der Waals surface area (Å²) >= 11 is 3.46. The van der Waals surface area contributed by atoms with Crippen molar-refractivity contribution < 1.29 is 4.79 Å². The van der Waals surface area contributed by atoms with Gasteiger partial charge in [0, 0.05) is 22.7 Å². The number of amides is 1. The van der Waals surface area contributed by atoms with Crippen LogP contribution in [0, 0.1) is 11.3 Å². The zero-order valence-electron chi connectivity index (χ0n) is 19.8. The summed E-state index contributed by atoms with van der Waals surface area (Å²) in [7, 11) is 0. The third-order valence-electron chi connectivity index (χ3n) is 6.98. The van der Waals surface area contributed by atoms with E-state index < -0.39 is 0 Å². The number of nitrogens with zero attached hydrogens (tertiary/aromatic N) is 2. The Hall–Kier alpha value is -1.92. The summed E-state index contributed by atoms with van der Waals surface area (Å²) in [4.78, 5) is 25.2. The average molecular weight is 480 g/mol. The zero-order valence-corrected chi connectivity index (χ0v) is 21.5.